The molecule has 0 saturated carbocycles. The molecule has 0 aliphatic carbocycles. The van der Waals surface area contributed by atoms with Crippen molar-refractivity contribution in [2.45, 2.75) is 32.6 Å². The van der Waals surface area contributed by atoms with E-state index in [0.29, 0.717) is 29.7 Å². The number of hydrogen-bond acceptors (Lipinski definition) is 3. The Hall–Kier alpha value is -2.46. The maximum atomic E-state index is 12.4. The van der Waals surface area contributed by atoms with Crippen molar-refractivity contribution in [3.63, 3.8) is 0 Å². The van der Waals surface area contributed by atoms with Crippen LogP contribution in [0.15, 0.2) is 42.5 Å². The van der Waals surface area contributed by atoms with Gasteiger partial charge >= 0.3 is 0 Å². The summed E-state index contributed by atoms with van der Waals surface area (Å²) in [5.74, 6) is 0.975. The molecular weight excluding hydrogens is 362 g/mol. The van der Waals surface area contributed by atoms with Crippen molar-refractivity contribution in [3.05, 3.63) is 58.6 Å². The van der Waals surface area contributed by atoms with E-state index in [4.69, 9.17) is 21.1 Å². The minimum atomic E-state index is -0.199. The third kappa shape index (κ3) is 4.83. The molecule has 4 nitrogen and oxygen atoms in total. The van der Waals surface area contributed by atoms with Crippen LogP contribution in [0.3, 0.4) is 0 Å². The van der Waals surface area contributed by atoms with Crippen LogP contribution < -0.4 is 14.8 Å². The third-order valence-electron chi connectivity index (χ3n) is 4.24. The van der Waals surface area contributed by atoms with Crippen molar-refractivity contribution in [2.75, 3.05) is 18.5 Å². The van der Waals surface area contributed by atoms with Crippen molar-refractivity contribution < 1.29 is 14.3 Å². The zero-order valence-corrected chi connectivity index (χ0v) is 16.6. The monoisotopic (exact) mass is 385 g/mol. The van der Waals surface area contributed by atoms with Gasteiger partial charge in [-0.25, -0.2) is 0 Å². The van der Waals surface area contributed by atoms with Gasteiger partial charge in [-0.1, -0.05) is 50.6 Å². The van der Waals surface area contributed by atoms with Gasteiger partial charge in [0.25, 0.3) is 0 Å². The van der Waals surface area contributed by atoms with Crippen LogP contribution >= 0.6 is 11.6 Å². The van der Waals surface area contributed by atoms with E-state index in [-0.39, 0.29) is 11.3 Å². The summed E-state index contributed by atoms with van der Waals surface area (Å²) in [6.07, 6.45) is 4.02. The molecule has 1 aliphatic heterocycles. The molecule has 1 N–H and O–H groups in total. The number of fused-ring (bicyclic) bond motifs is 1. The molecule has 0 unspecified atom stereocenters. The predicted octanol–water partition coefficient (Wildman–Crippen LogP) is 5.45. The topological polar surface area (TPSA) is 47.6 Å². The van der Waals surface area contributed by atoms with Crippen LogP contribution in [0.4, 0.5) is 5.69 Å². The summed E-state index contributed by atoms with van der Waals surface area (Å²) in [7, 11) is 0. The van der Waals surface area contributed by atoms with Gasteiger partial charge in [0.1, 0.15) is 0 Å². The smallest absolute Gasteiger partial charge is 0.248 e. The maximum absolute atomic E-state index is 12.4. The molecule has 0 aromatic heterocycles. The second kappa shape index (κ2) is 8.05. The van der Waals surface area contributed by atoms with E-state index in [9.17, 15) is 4.79 Å². The van der Waals surface area contributed by atoms with Gasteiger partial charge in [0.05, 0.1) is 18.2 Å². The highest BCUT2D eigenvalue weighted by atomic mass is 35.5. The van der Waals surface area contributed by atoms with Gasteiger partial charge in [-0.15, -0.1) is 0 Å². The fraction of sp³-hybridized carbons (Fsp3) is 0.318. The van der Waals surface area contributed by atoms with Crippen LogP contribution in [-0.2, 0) is 10.2 Å². The fourth-order valence-electron chi connectivity index (χ4n) is 2.94. The summed E-state index contributed by atoms with van der Waals surface area (Å²) in [4.78, 5) is 12.4. The molecule has 2 aromatic rings. The average molecular weight is 386 g/mol. The lowest BCUT2D eigenvalue weighted by atomic mass is 9.86. The first-order valence-electron chi connectivity index (χ1n) is 9.02. The Morgan fingerprint density at radius 3 is 2.67 bits per heavy atom. The summed E-state index contributed by atoms with van der Waals surface area (Å²) in [5.41, 5.74) is 2.63. The Bertz CT molecular complexity index is 868. The lowest BCUT2D eigenvalue weighted by Crippen LogP contribution is -2.17. The highest BCUT2D eigenvalue weighted by molar-refractivity contribution is 6.32. The van der Waals surface area contributed by atoms with Crippen LogP contribution in [0, 0.1) is 0 Å². The van der Waals surface area contributed by atoms with E-state index in [0.717, 1.165) is 23.2 Å². The molecule has 0 saturated heterocycles. The van der Waals surface area contributed by atoms with E-state index in [2.05, 4.69) is 26.1 Å². The second-order valence-electron chi connectivity index (χ2n) is 7.50. The molecule has 1 amide bonds. The Morgan fingerprint density at radius 1 is 1.15 bits per heavy atom. The van der Waals surface area contributed by atoms with Crippen molar-refractivity contribution in [1.29, 1.82) is 0 Å². The number of para-hydroxylation sites is 1. The Balaban J connectivity index is 1.77. The molecule has 142 valence electrons. The number of anilines is 1. The van der Waals surface area contributed by atoms with Crippen molar-refractivity contribution >= 4 is 29.3 Å². The van der Waals surface area contributed by atoms with E-state index >= 15 is 0 Å². The van der Waals surface area contributed by atoms with Crippen molar-refractivity contribution in [3.8, 4) is 11.5 Å². The van der Waals surface area contributed by atoms with Gasteiger partial charge in [0.2, 0.25) is 5.91 Å². The summed E-state index contributed by atoms with van der Waals surface area (Å²) in [6.45, 7) is 7.52. The quantitative estimate of drug-likeness (QED) is 0.714. The largest absolute Gasteiger partial charge is 0.489 e. The molecule has 0 spiro atoms. The number of amides is 1. The Morgan fingerprint density at radius 2 is 1.89 bits per heavy atom. The van der Waals surface area contributed by atoms with Gasteiger partial charge in [-0.05, 0) is 40.8 Å². The van der Waals surface area contributed by atoms with Crippen LogP contribution in [-0.4, -0.2) is 19.1 Å². The molecule has 5 heteroatoms. The predicted molar refractivity (Wildman–Crippen MR) is 110 cm³/mol. The first kappa shape index (κ1) is 19.3. The molecule has 0 radical (unpaired) electrons. The highest BCUT2D eigenvalue weighted by Crippen LogP contribution is 2.38. The second-order valence-corrected chi connectivity index (χ2v) is 7.91. The number of carbonyl (C=O) groups is 1. The summed E-state index contributed by atoms with van der Waals surface area (Å²) >= 11 is 6.30. The van der Waals surface area contributed by atoms with Crippen molar-refractivity contribution in [1.82, 2.24) is 0 Å². The van der Waals surface area contributed by atoms with E-state index in [1.807, 2.05) is 30.3 Å². The zero-order chi connectivity index (χ0) is 19.4. The standard InChI is InChI=1S/C22H24ClNO3/c1-22(2,3)16-7-4-5-8-18(16)24-20(25)10-9-15-13-17(23)21-19(14-15)26-11-6-12-27-21/h4-5,7-10,13-14H,6,11-12H2,1-3H3,(H,24,25). The Labute approximate surface area is 165 Å². The van der Waals surface area contributed by atoms with Crippen molar-refractivity contribution in [2.24, 2.45) is 0 Å². The van der Waals surface area contributed by atoms with E-state index in [1.165, 1.54) is 6.08 Å². The number of halogens is 1. The van der Waals surface area contributed by atoms with Gasteiger partial charge in [-0.2, -0.15) is 0 Å². The number of rotatable bonds is 3. The van der Waals surface area contributed by atoms with Crippen LogP contribution in [0.5, 0.6) is 11.5 Å². The van der Waals surface area contributed by atoms with Crippen LogP contribution in [0.25, 0.3) is 6.08 Å². The first-order chi connectivity index (χ1) is 12.8. The van der Waals surface area contributed by atoms with E-state index < -0.39 is 0 Å². The van der Waals surface area contributed by atoms with E-state index in [1.54, 1.807) is 12.1 Å². The summed E-state index contributed by atoms with van der Waals surface area (Å²) in [6, 6.07) is 11.4. The third-order valence-corrected chi connectivity index (χ3v) is 4.53. The lowest BCUT2D eigenvalue weighted by Gasteiger charge is -2.22. The SMILES string of the molecule is CC(C)(C)c1ccccc1NC(=O)C=Cc1cc(Cl)c2c(c1)OCCCO2. The molecule has 1 heterocycles. The molecule has 27 heavy (non-hydrogen) atoms. The number of ether oxygens (including phenoxy) is 2. The van der Waals surface area contributed by atoms with Crippen LogP contribution in [0.1, 0.15) is 38.3 Å². The fourth-order valence-corrected chi connectivity index (χ4v) is 3.21. The maximum Gasteiger partial charge on any atom is 0.248 e. The molecule has 1 aliphatic rings. The molecule has 2 aromatic carbocycles. The number of nitrogens with one attached hydrogen (secondary N) is 1. The van der Waals surface area contributed by atoms with Gasteiger partial charge in [0, 0.05) is 18.2 Å². The minimum Gasteiger partial charge on any atom is -0.489 e. The van der Waals surface area contributed by atoms with Gasteiger partial charge < -0.3 is 14.8 Å². The van der Waals surface area contributed by atoms with Crippen LogP contribution in [0.2, 0.25) is 5.02 Å². The molecule has 3 rings (SSSR count). The average Bonchev–Trinajstić information content (AvgIpc) is 2.85. The Kier molecular flexibility index (Phi) is 5.76. The zero-order valence-electron chi connectivity index (χ0n) is 15.8. The molecule has 0 fully saturated rings. The van der Waals surface area contributed by atoms with Gasteiger partial charge in [0.15, 0.2) is 11.5 Å². The highest BCUT2D eigenvalue weighted by Gasteiger charge is 2.18. The number of hydrogen-bond donors (Lipinski definition) is 1. The molecule has 0 bridgehead atoms. The van der Waals surface area contributed by atoms with Gasteiger partial charge in [-0.3, -0.25) is 4.79 Å². The summed E-state index contributed by atoms with van der Waals surface area (Å²) in [5, 5.41) is 3.44. The summed E-state index contributed by atoms with van der Waals surface area (Å²) < 4.78 is 11.3. The molecular formula is C22H24ClNO3. The lowest BCUT2D eigenvalue weighted by molar-refractivity contribution is -0.111. The first-order valence-corrected chi connectivity index (χ1v) is 9.40. The molecule has 0 atom stereocenters. The normalized spacial score (nSPS) is 14.1. The number of benzene rings is 2. The number of carbonyl (C=O) groups excluding carboxylic acids is 1. The minimum absolute atomic E-state index is 0.0601.